The highest BCUT2D eigenvalue weighted by Crippen LogP contribution is 2.19. The fraction of sp³-hybridized carbons (Fsp3) is 0.957. The fourth-order valence-electron chi connectivity index (χ4n) is 3.44. The van der Waals surface area contributed by atoms with Gasteiger partial charge in [-0.25, -0.2) is 0 Å². The molecule has 0 N–H and O–H groups in total. The Bertz CT molecular complexity index is 291. The van der Waals surface area contributed by atoms with Crippen molar-refractivity contribution in [2.24, 2.45) is 5.92 Å². The van der Waals surface area contributed by atoms with Crippen molar-refractivity contribution in [2.75, 3.05) is 19.8 Å². The average Bonchev–Trinajstić information content (AvgIpc) is 2.63. The first kappa shape index (κ1) is 25.4. The largest absolute Gasteiger partial charge is 0.466 e. The highest BCUT2D eigenvalue weighted by molar-refractivity contribution is 5.65. The van der Waals surface area contributed by atoms with Crippen LogP contribution in [-0.2, 0) is 14.3 Å². The van der Waals surface area contributed by atoms with E-state index in [-0.39, 0.29) is 5.97 Å². The molecule has 0 saturated carbocycles. The third-order valence-electron chi connectivity index (χ3n) is 5.09. The van der Waals surface area contributed by atoms with Gasteiger partial charge in [-0.1, -0.05) is 84.0 Å². The van der Waals surface area contributed by atoms with Gasteiger partial charge in [-0.3, -0.25) is 4.79 Å². The van der Waals surface area contributed by atoms with E-state index in [1.54, 1.807) is 0 Å². The van der Waals surface area contributed by atoms with Crippen LogP contribution in [0.3, 0.4) is 0 Å². The average molecular weight is 371 g/mol. The van der Waals surface area contributed by atoms with Crippen LogP contribution in [0, 0.1) is 5.92 Å². The van der Waals surface area contributed by atoms with Gasteiger partial charge in [0.1, 0.15) is 0 Å². The van der Waals surface area contributed by atoms with Crippen LogP contribution in [0.5, 0.6) is 0 Å². The number of carbonyl (C=O) groups is 1. The second-order valence-electron chi connectivity index (χ2n) is 7.69. The Morgan fingerprint density at radius 1 is 0.731 bits per heavy atom. The molecule has 0 fully saturated rings. The zero-order chi connectivity index (χ0) is 19.3. The summed E-state index contributed by atoms with van der Waals surface area (Å²) in [6.45, 7) is 8.25. The molecule has 26 heavy (non-hydrogen) atoms. The summed E-state index contributed by atoms with van der Waals surface area (Å²) in [4.78, 5) is 10.7. The zero-order valence-electron chi connectivity index (χ0n) is 18.0. The minimum atomic E-state index is -0.160. The number of rotatable bonds is 20. The molecule has 0 aromatic rings. The molecule has 0 bridgehead atoms. The number of ether oxygens (including phenoxy) is 2. The van der Waals surface area contributed by atoms with Crippen molar-refractivity contribution in [3.63, 3.8) is 0 Å². The Kier molecular flexibility index (Phi) is 20.3. The molecule has 0 aliphatic heterocycles. The van der Waals surface area contributed by atoms with Crippen LogP contribution in [0.4, 0.5) is 0 Å². The third-order valence-corrected chi connectivity index (χ3v) is 5.09. The number of unbranched alkanes of at least 4 members (excludes halogenated alkanes) is 11. The van der Waals surface area contributed by atoms with Crippen LogP contribution in [0.15, 0.2) is 0 Å². The first-order chi connectivity index (χ1) is 12.7. The van der Waals surface area contributed by atoms with Gasteiger partial charge in [0, 0.05) is 20.1 Å². The van der Waals surface area contributed by atoms with Gasteiger partial charge in [-0.2, -0.15) is 0 Å². The Labute approximate surface area is 163 Å². The third kappa shape index (κ3) is 19.8. The molecule has 3 nitrogen and oxygen atoms in total. The Balaban J connectivity index is 3.53. The predicted molar refractivity (Wildman–Crippen MR) is 112 cm³/mol. The van der Waals surface area contributed by atoms with Crippen molar-refractivity contribution in [2.45, 2.75) is 117 Å². The van der Waals surface area contributed by atoms with Crippen molar-refractivity contribution in [1.82, 2.24) is 0 Å². The first-order valence-electron chi connectivity index (χ1n) is 11.4. The SMILES string of the molecule is CCCCCCCCC(CCCCCCCCCOC(C)=O)COCC. The van der Waals surface area contributed by atoms with Gasteiger partial charge in [-0.15, -0.1) is 0 Å². The Hall–Kier alpha value is -0.570. The zero-order valence-corrected chi connectivity index (χ0v) is 18.0. The van der Waals surface area contributed by atoms with E-state index in [2.05, 4.69) is 13.8 Å². The van der Waals surface area contributed by atoms with Gasteiger partial charge in [-0.05, 0) is 32.1 Å². The van der Waals surface area contributed by atoms with Crippen LogP contribution in [0.1, 0.15) is 117 Å². The minimum absolute atomic E-state index is 0.160. The number of hydrogen-bond donors (Lipinski definition) is 0. The summed E-state index contributed by atoms with van der Waals surface area (Å²) < 4.78 is 10.7. The molecule has 0 amide bonds. The smallest absolute Gasteiger partial charge is 0.302 e. The maximum atomic E-state index is 10.7. The summed E-state index contributed by atoms with van der Waals surface area (Å²) in [5.41, 5.74) is 0. The van der Waals surface area contributed by atoms with Crippen molar-refractivity contribution >= 4 is 5.97 Å². The van der Waals surface area contributed by atoms with Crippen LogP contribution >= 0.6 is 0 Å². The van der Waals surface area contributed by atoms with Crippen LogP contribution in [0.2, 0.25) is 0 Å². The summed E-state index contributed by atoms with van der Waals surface area (Å²) in [7, 11) is 0. The molecule has 0 aliphatic carbocycles. The van der Waals surface area contributed by atoms with Crippen LogP contribution in [0.25, 0.3) is 0 Å². The summed E-state index contributed by atoms with van der Waals surface area (Å²) in [6, 6.07) is 0. The van der Waals surface area contributed by atoms with E-state index in [1.807, 2.05) is 0 Å². The molecule has 0 rings (SSSR count). The molecule has 0 radical (unpaired) electrons. The highest BCUT2D eigenvalue weighted by Gasteiger charge is 2.08. The lowest BCUT2D eigenvalue weighted by Gasteiger charge is -2.16. The van der Waals surface area contributed by atoms with Crippen molar-refractivity contribution in [1.29, 1.82) is 0 Å². The molecule has 156 valence electrons. The van der Waals surface area contributed by atoms with Gasteiger partial charge in [0.2, 0.25) is 0 Å². The van der Waals surface area contributed by atoms with E-state index < -0.39 is 0 Å². The quantitative estimate of drug-likeness (QED) is 0.170. The number of hydrogen-bond acceptors (Lipinski definition) is 3. The van der Waals surface area contributed by atoms with Crippen LogP contribution in [-0.4, -0.2) is 25.8 Å². The van der Waals surface area contributed by atoms with Gasteiger partial charge in [0.15, 0.2) is 0 Å². The summed E-state index contributed by atoms with van der Waals surface area (Å²) in [5, 5.41) is 0. The molecule has 1 atom stereocenters. The summed E-state index contributed by atoms with van der Waals surface area (Å²) in [5.74, 6) is 0.609. The Morgan fingerprint density at radius 2 is 1.23 bits per heavy atom. The van der Waals surface area contributed by atoms with E-state index in [4.69, 9.17) is 9.47 Å². The molecule has 0 aromatic carbocycles. The molecule has 0 heterocycles. The highest BCUT2D eigenvalue weighted by atomic mass is 16.5. The van der Waals surface area contributed by atoms with Crippen molar-refractivity contribution < 1.29 is 14.3 Å². The van der Waals surface area contributed by atoms with E-state index in [0.29, 0.717) is 6.61 Å². The van der Waals surface area contributed by atoms with Crippen molar-refractivity contribution in [3.8, 4) is 0 Å². The lowest BCUT2D eigenvalue weighted by atomic mass is 9.94. The van der Waals surface area contributed by atoms with E-state index in [9.17, 15) is 4.79 Å². The maximum absolute atomic E-state index is 10.7. The number of esters is 1. The lowest BCUT2D eigenvalue weighted by Crippen LogP contribution is -2.10. The monoisotopic (exact) mass is 370 g/mol. The maximum Gasteiger partial charge on any atom is 0.302 e. The van der Waals surface area contributed by atoms with E-state index >= 15 is 0 Å². The molecule has 1 unspecified atom stereocenters. The van der Waals surface area contributed by atoms with Gasteiger partial charge < -0.3 is 9.47 Å². The standard InChI is InChI=1S/C23H46O3/c1-4-6-7-8-12-15-18-23(21-25-5-2)19-16-13-10-9-11-14-17-20-26-22(3)24/h23H,4-21H2,1-3H3. The molecule has 0 saturated heterocycles. The predicted octanol–water partition coefficient (Wildman–Crippen LogP) is 7.07. The second-order valence-corrected chi connectivity index (χ2v) is 7.69. The van der Waals surface area contributed by atoms with Crippen LogP contribution < -0.4 is 0 Å². The minimum Gasteiger partial charge on any atom is -0.466 e. The second kappa shape index (κ2) is 20.7. The fourth-order valence-corrected chi connectivity index (χ4v) is 3.44. The first-order valence-corrected chi connectivity index (χ1v) is 11.4. The molecule has 0 aromatic heterocycles. The van der Waals surface area contributed by atoms with Crippen molar-refractivity contribution in [3.05, 3.63) is 0 Å². The number of carbonyl (C=O) groups excluding carboxylic acids is 1. The summed E-state index contributed by atoms with van der Waals surface area (Å²) >= 11 is 0. The lowest BCUT2D eigenvalue weighted by molar-refractivity contribution is -0.141. The molecular weight excluding hydrogens is 324 g/mol. The molecular formula is C23H46O3. The van der Waals surface area contributed by atoms with E-state index in [1.165, 1.54) is 96.8 Å². The van der Waals surface area contributed by atoms with Gasteiger partial charge in [0.05, 0.1) is 6.61 Å². The summed E-state index contributed by atoms with van der Waals surface area (Å²) in [6.07, 6.45) is 19.8. The molecule has 0 spiro atoms. The van der Waals surface area contributed by atoms with E-state index in [0.717, 1.165) is 25.6 Å². The Morgan fingerprint density at radius 3 is 1.73 bits per heavy atom. The molecule has 0 aliphatic rings. The topological polar surface area (TPSA) is 35.5 Å². The van der Waals surface area contributed by atoms with Gasteiger partial charge >= 0.3 is 5.97 Å². The van der Waals surface area contributed by atoms with Gasteiger partial charge in [0.25, 0.3) is 0 Å². The molecule has 3 heteroatoms. The normalized spacial score (nSPS) is 12.3.